The molecule has 1 atom stereocenters. The molecule has 1 aromatic rings. The lowest BCUT2D eigenvalue weighted by molar-refractivity contribution is 0.327. The van der Waals surface area contributed by atoms with Gasteiger partial charge in [-0.25, -0.2) is 4.98 Å². The summed E-state index contributed by atoms with van der Waals surface area (Å²) in [7, 11) is 0. The van der Waals surface area contributed by atoms with Crippen LogP contribution in [0.1, 0.15) is 34.1 Å². The van der Waals surface area contributed by atoms with E-state index in [4.69, 9.17) is 4.74 Å². The van der Waals surface area contributed by atoms with Crippen molar-refractivity contribution in [3.63, 3.8) is 0 Å². The van der Waals surface area contributed by atoms with Crippen molar-refractivity contribution in [2.75, 3.05) is 11.9 Å². The Hall–Kier alpha value is -1.25. The number of aromatic nitrogens is 1. The highest BCUT2D eigenvalue weighted by atomic mass is 16.5. The molecule has 3 nitrogen and oxygen atoms in total. The summed E-state index contributed by atoms with van der Waals surface area (Å²) in [5.74, 6) is 1.31. The van der Waals surface area contributed by atoms with Crippen molar-refractivity contribution in [3.05, 3.63) is 18.3 Å². The SMILES string of the molecule is CCOc1ccc(NC(CC)C(C)C)cn1. The first kappa shape index (κ1) is 12.8. The zero-order chi connectivity index (χ0) is 12.0. The predicted octanol–water partition coefficient (Wildman–Crippen LogP) is 3.33. The zero-order valence-corrected chi connectivity index (χ0v) is 10.7. The number of pyridine rings is 1. The lowest BCUT2D eigenvalue weighted by Crippen LogP contribution is -2.24. The van der Waals surface area contributed by atoms with Crippen LogP contribution in [0.5, 0.6) is 5.88 Å². The van der Waals surface area contributed by atoms with Crippen molar-refractivity contribution in [1.29, 1.82) is 0 Å². The number of hydrogen-bond donors (Lipinski definition) is 1. The van der Waals surface area contributed by atoms with Crippen LogP contribution in [0.15, 0.2) is 18.3 Å². The fourth-order valence-electron chi connectivity index (χ4n) is 1.65. The number of anilines is 1. The molecular formula is C13H22N2O. The van der Waals surface area contributed by atoms with Crippen molar-refractivity contribution in [2.45, 2.75) is 40.2 Å². The van der Waals surface area contributed by atoms with Gasteiger partial charge in [-0.3, -0.25) is 0 Å². The topological polar surface area (TPSA) is 34.1 Å². The van der Waals surface area contributed by atoms with Crippen LogP contribution in [0.3, 0.4) is 0 Å². The zero-order valence-electron chi connectivity index (χ0n) is 10.7. The Labute approximate surface area is 98.2 Å². The molecule has 0 aromatic carbocycles. The molecule has 0 bridgehead atoms. The van der Waals surface area contributed by atoms with Crippen LogP contribution in [0.2, 0.25) is 0 Å². The van der Waals surface area contributed by atoms with E-state index in [1.54, 1.807) is 0 Å². The van der Waals surface area contributed by atoms with Gasteiger partial charge in [0.05, 0.1) is 18.5 Å². The molecule has 1 unspecified atom stereocenters. The molecule has 90 valence electrons. The molecule has 0 radical (unpaired) electrons. The Balaban J connectivity index is 2.60. The molecular weight excluding hydrogens is 200 g/mol. The van der Waals surface area contributed by atoms with E-state index >= 15 is 0 Å². The van der Waals surface area contributed by atoms with Gasteiger partial charge in [0.15, 0.2) is 0 Å². The number of rotatable bonds is 6. The van der Waals surface area contributed by atoms with Gasteiger partial charge in [0.2, 0.25) is 5.88 Å². The monoisotopic (exact) mass is 222 g/mol. The summed E-state index contributed by atoms with van der Waals surface area (Å²) in [6.45, 7) is 9.26. The van der Waals surface area contributed by atoms with Crippen LogP contribution in [0, 0.1) is 5.92 Å². The standard InChI is InChI=1S/C13H22N2O/c1-5-12(10(3)4)15-11-7-8-13(14-9-11)16-6-2/h7-10,12,15H,5-6H2,1-4H3. The Morgan fingerprint density at radius 3 is 2.50 bits per heavy atom. The largest absolute Gasteiger partial charge is 0.478 e. The first-order valence-corrected chi connectivity index (χ1v) is 6.02. The van der Waals surface area contributed by atoms with Crippen molar-refractivity contribution in [2.24, 2.45) is 5.92 Å². The summed E-state index contributed by atoms with van der Waals surface area (Å²) in [5.41, 5.74) is 1.06. The van der Waals surface area contributed by atoms with E-state index in [2.05, 4.69) is 31.1 Å². The van der Waals surface area contributed by atoms with Crippen LogP contribution in [-0.2, 0) is 0 Å². The maximum atomic E-state index is 5.30. The number of ether oxygens (including phenoxy) is 1. The first-order chi connectivity index (χ1) is 7.67. The maximum absolute atomic E-state index is 5.30. The average Bonchev–Trinajstić information content (AvgIpc) is 2.28. The van der Waals surface area contributed by atoms with Crippen LogP contribution in [0.4, 0.5) is 5.69 Å². The van der Waals surface area contributed by atoms with E-state index in [-0.39, 0.29) is 0 Å². The molecule has 1 aromatic heterocycles. The van der Waals surface area contributed by atoms with Gasteiger partial charge in [0.25, 0.3) is 0 Å². The van der Waals surface area contributed by atoms with Crippen LogP contribution < -0.4 is 10.1 Å². The van der Waals surface area contributed by atoms with Gasteiger partial charge in [0.1, 0.15) is 0 Å². The van der Waals surface area contributed by atoms with E-state index < -0.39 is 0 Å². The van der Waals surface area contributed by atoms with Gasteiger partial charge in [0, 0.05) is 12.1 Å². The minimum absolute atomic E-state index is 0.500. The first-order valence-electron chi connectivity index (χ1n) is 6.02. The number of nitrogens with one attached hydrogen (secondary N) is 1. The molecule has 1 heterocycles. The van der Waals surface area contributed by atoms with E-state index in [0.29, 0.717) is 24.4 Å². The molecule has 1 rings (SSSR count). The summed E-state index contributed by atoms with van der Waals surface area (Å²) < 4.78 is 5.30. The lowest BCUT2D eigenvalue weighted by atomic mass is 10.0. The van der Waals surface area contributed by atoms with Gasteiger partial charge in [-0.05, 0) is 25.3 Å². The van der Waals surface area contributed by atoms with Crippen molar-refractivity contribution in [1.82, 2.24) is 4.98 Å². The number of nitrogens with zero attached hydrogens (tertiary/aromatic N) is 1. The molecule has 0 aliphatic heterocycles. The molecule has 0 aliphatic carbocycles. The fourth-order valence-corrected chi connectivity index (χ4v) is 1.65. The van der Waals surface area contributed by atoms with Gasteiger partial charge >= 0.3 is 0 Å². The van der Waals surface area contributed by atoms with Gasteiger partial charge in [-0.15, -0.1) is 0 Å². The molecule has 0 saturated carbocycles. The molecule has 3 heteroatoms. The highest BCUT2D eigenvalue weighted by molar-refractivity contribution is 5.43. The summed E-state index contributed by atoms with van der Waals surface area (Å²) in [6.07, 6.45) is 2.95. The van der Waals surface area contributed by atoms with E-state index in [9.17, 15) is 0 Å². The minimum Gasteiger partial charge on any atom is -0.478 e. The summed E-state index contributed by atoms with van der Waals surface area (Å²) in [6, 6.07) is 4.42. The third-order valence-corrected chi connectivity index (χ3v) is 2.63. The normalized spacial score (nSPS) is 12.6. The van der Waals surface area contributed by atoms with Crippen LogP contribution in [-0.4, -0.2) is 17.6 Å². The second-order valence-electron chi connectivity index (χ2n) is 4.22. The Morgan fingerprint density at radius 1 is 1.31 bits per heavy atom. The third kappa shape index (κ3) is 3.72. The molecule has 0 aliphatic rings. The fraction of sp³-hybridized carbons (Fsp3) is 0.615. The minimum atomic E-state index is 0.500. The molecule has 0 fully saturated rings. The number of hydrogen-bond acceptors (Lipinski definition) is 3. The Bertz CT molecular complexity index is 295. The highest BCUT2D eigenvalue weighted by Gasteiger charge is 2.10. The summed E-state index contributed by atoms with van der Waals surface area (Å²) in [4.78, 5) is 4.23. The predicted molar refractivity (Wildman–Crippen MR) is 67.9 cm³/mol. The van der Waals surface area contributed by atoms with Crippen LogP contribution in [0.25, 0.3) is 0 Å². The van der Waals surface area contributed by atoms with Crippen molar-refractivity contribution in [3.8, 4) is 5.88 Å². The van der Waals surface area contributed by atoms with Crippen molar-refractivity contribution >= 4 is 5.69 Å². The van der Waals surface area contributed by atoms with Gasteiger partial charge < -0.3 is 10.1 Å². The van der Waals surface area contributed by atoms with Crippen molar-refractivity contribution < 1.29 is 4.74 Å². The second-order valence-corrected chi connectivity index (χ2v) is 4.22. The smallest absolute Gasteiger partial charge is 0.213 e. The Morgan fingerprint density at radius 2 is 2.06 bits per heavy atom. The van der Waals surface area contributed by atoms with Crippen LogP contribution >= 0.6 is 0 Å². The molecule has 1 N–H and O–H groups in total. The Kier molecular flexibility index (Phi) is 5.09. The van der Waals surface area contributed by atoms with Gasteiger partial charge in [-0.1, -0.05) is 20.8 Å². The summed E-state index contributed by atoms with van der Waals surface area (Å²) in [5, 5.41) is 3.48. The molecule has 0 saturated heterocycles. The van der Waals surface area contributed by atoms with E-state index in [1.165, 1.54) is 0 Å². The maximum Gasteiger partial charge on any atom is 0.213 e. The quantitative estimate of drug-likeness (QED) is 0.801. The second kappa shape index (κ2) is 6.36. The molecule has 16 heavy (non-hydrogen) atoms. The van der Waals surface area contributed by atoms with E-state index in [1.807, 2.05) is 25.3 Å². The molecule has 0 spiro atoms. The van der Waals surface area contributed by atoms with E-state index in [0.717, 1.165) is 12.1 Å². The third-order valence-electron chi connectivity index (χ3n) is 2.63. The summed E-state index contributed by atoms with van der Waals surface area (Å²) >= 11 is 0. The average molecular weight is 222 g/mol. The molecule has 0 amide bonds. The van der Waals surface area contributed by atoms with Gasteiger partial charge in [-0.2, -0.15) is 0 Å². The lowest BCUT2D eigenvalue weighted by Gasteiger charge is -2.21. The highest BCUT2D eigenvalue weighted by Crippen LogP contribution is 2.16.